The first-order valence-corrected chi connectivity index (χ1v) is 8.20. The van der Waals surface area contributed by atoms with Gasteiger partial charge < -0.3 is 14.1 Å². The van der Waals surface area contributed by atoms with Crippen LogP contribution in [0.25, 0.3) is 0 Å². The van der Waals surface area contributed by atoms with Crippen molar-refractivity contribution in [3.63, 3.8) is 0 Å². The number of nitrogens with zero attached hydrogens (tertiary/aromatic N) is 1. The van der Waals surface area contributed by atoms with Crippen molar-refractivity contribution in [2.24, 2.45) is 0 Å². The highest BCUT2D eigenvalue weighted by Crippen LogP contribution is 2.24. The van der Waals surface area contributed by atoms with Crippen molar-refractivity contribution in [1.29, 1.82) is 0 Å². The molecule has 0 bridgehead atoms. The summed E-state index contributed by atoms with van der Waals surface area (Å²) in [5.41, 5.74) is 0.681. The van der Waals surface area contributed by atoms with E-state index in [4.69, 9.17) is 9.15 Å². The van der Waals surface area contributed by atoms with Crippen molar-refractivity contribution in [2.75, 3.05) is 13.2 Å². The molecule has 1 fully saturated rings. The molecule has 1 aromatic heterocycles. The Balaban J connectivity index is 1.86. The fourth-order valence-corrected chi connectivity index (χ4v) is 3.18. The Kier molecular flexibility index (Phi) is 4.95. The predicted molar refractivity (Wildman–Crippen MR) is 86.6 cm³/mol. The second-order valence-electron chi connectivity index (χ2n) is 5.34. The number of rotatable bonds is 4. The minimum atomic E-state index is 0.0239. The van der Waals surface area contributed by atoms with Crippen LogP contribution < -0.4 is 0 Å². The molecule has 22 heavy (non-hydrogen) atoms. The molecular formula is C17H18BrNO3. The number of benzene rings is 1. The molecule has 0 aliphatic carbocycles. The second-order valence-corrected chi connectivity index (χ2v) is 6.19. The van der Waals surface area contributed by atoms with Crippen molar-refractivity contribution in [3.05, 3.63) is 58.5 Å². The van der Waals surface area contributed by atoms with E-state index in [1.807, 2.05) is 41.3 Å². The number of amides is 1. The summed E-state index contributed by atoms with van der Waals surface area (Å²) in [5, 5.41) is 0. The molecule has 2 aromatic rings. The van der Waals surface area contributed by atoms with E-state index in [0.717, 1.165) is 23.1 Å². The smallest absolute Gasteiger partial charge is 0.255 e. The van der Waals surface area contributed by atoms with Crippen molar-refractivity contribution >= 4 is 21.8 Å². The average molecular weight is 364 g/mol. The number of ether oxygens (including phenoxy) is 1. The SMILES string of the molecule is O=C(c1ccccc1Br)N(Cc1ccco1)C1CCOCC1. The fourth-order valence-electron chi connectivity index (χ4n) is 2.72. The Morgan fingerprint density at radius 3 is 2.64 bits per heavy atom. The van der Waals surface area contributed by atoms with E-state index in [2.05, 4.69) is 15.9 Å². The van der Waals surface area contributed by atoms with Gasteiger partial charge in [0, 0.05) is 23.7 Å². The monoisotopic (exact) mass is 363 g/mol. The molecule has 2 heterocycles. The van der Waals surface area contributed by atoms with Crippen molar-refractivity contribution in [3.8, 4) is 0 Å². The van der Waals surface area contributed by atoms with E-state index in [-0.39, 0.29) is 11.9 Å². The second kappa shape index (κ2) is 7.11. The van der Waals surface area contributed by atoms with Gasteiger partial charge in [0.25, 0.3) is 5.91 Å². The molecule has 5 heteroatoms. The zero-order valence-electron chi connectivity index (χ0n) is 12.2. The molecule has 4 nitrogen and oxygen atoms in total. The van der Waals surface area contributed by atoms with E-state index < -0.39 is 0 Å². The Labute approximate surface area is 138 Å². The normalized spacial score (nSPS) is 15.7. The summed E-state index contributed by atoms with van der Waals surface area (Å²) in [6.45, 7) is 1.88. The van der Waals surface area contributed by atoms with Crippen molar-refractivity contribution in [2.45, 2.75) is 25.4 Å². The molecule has 0 spiro atoms. The van der Waals surface area contributed by atoms with Crippen LogP contribution in [-0.2, 0) is 11.3 Å². The Morgan fingerprint density at radius 2 is 1.95 bits per heavy atom. The van der Waals surface area contributed by atoms with Gasteiger partial charge in [-0.2, -0.15) is 0 Å². The molecule has 0 unspecified atom stereocenters. The number of carbonyl (C=O) groups excluding carboxylic acids is 1. The van der Waals surface area contributed by atoms with Crippen LogP contribution in [0, 0.1) is 0 Å². The lowest BCUT2D eigenvalue weighted by atomic mass is 10.0. The standard InChI is InChI=1S/C17H18BrNO3/c18-16-6-2-1-5-15(16)17(20)19(12-14-4-3-9-22-14)13-7-10-21-11-8-13/h1-6,9,13H,7-8,10-12H2. The molecule has 1 aromatic carbocycles. The maximum absolute atomic E-state index is 13.0. The molecule has 0 N–H and O–H groups in total. The van der Waals surface area contributed by atoms with Gasteiger partial charge >= 0.3 is 0 Å². The van der Waals surface area contributed by atoms with Crippen LogP contribution >= 0.6 is 15.9 Å². The maximum Gasteiger partial charge on any atom is 0.255 e. The van der Waals surface area contributed by atoms with Gasteiger partial charge in [0.1, 0.15) is 5.76 Å². The van der Waals surface area contributed by atoms with Crippen LogP contribution in [-0.4, -0.2) is 30.1 Å². The number of furan rings is 1. The molecule has 0 radical (unpaired) electrons. The largest absolute Gasteiger partial charge is 0.467 e. The summed E-state index contributed by atoms with van der Waals surface area (Å²) in [6, 6.07) is 11.5. The summed E-state index contributed by atoms with van der Waals surface area (Å²) in [6.07, 6.45) is 3.36. The highest BCUT2D eigenvalue weighted by molar-refractivity contribution is 9.10. The zero-order valence-corrected chi connectivity index (χ0v) is 13.8. The third-order valence-corrected chi connectivity index (χ3v) is 4.59. The van der Waals surface area contributed by atoms with E-state index in [9.17, 15) is 4.79 Å². The van der Waals surface area contributed by atoms with Gasteiger partial charge in [0.15, 0.2) is 0 Å². The summed E-state index contributed by atoms with van der Waals surface area (Å²) >= 11 is 3.47. The molecule has 116 valence electrons. The number of halogens is 1. The Bertz CT molecular complexity index is 621. The van der Waals surface area contributed by atoms with Crippen LogP contribution in [0.15, 0.2) is 51.6 Å². The first kappa shape index (κ1) is 15.3. The van der Waals surface area contributed by atoms with Crippen LogP contribution in [0.5, 0.6) is 0 Å². The molecule has 0 saturated carbocycles. The fraction of sp³-hybridized carbons (Fsp3) is 0.353. The molecule has 1 aliphatic rings. The summed E-state index contributed by atoms with van der Waals surface area (Å²) in [4.78, 5) is 14.9. The molecule has 1 saturated heterocycles. The molecular weight excluding hydrogens is 346 g/mol. The van der Waals surface area contributed by atoms with E-state index in [1.54, 1.807) is 6.26 Å². The lowest BCUT2D eigenvalue weighted by Gasteiger charge is -2.34. The number of hydrogen-bond acceptors (Lipinski definition) is 3. The number of carbonyl (C=O) groups is 1. The first-order chi connectivity index (χ1) is 10.8. The van der Waals surface area contributed by atoms with Crippen molar-refractivity contribution in [1.82, 2.24) is 4.90 Å². The molecule has 3 rings (SSSR count). The van der Waals surface area contributed by atoms with E-state index in [0.29, 0.717) is 25.3 Å². The lowest BCUT2D eigenvalue weighted by Crippen LogP contribution is -2.43. The van der Waals surface area contributed by atoms with Gasteiger partial charge in [0.05, 0.1) is 18.4 Å². The zero-order chi connectivity index (χ0) is 15.4. The van der Waals surface area contributed by atoms with Crippen LogP contribution in [0.4, 0.5) is 0 Å². The summed E-state index contributed by atoms with van der Waals surface area (Å²) < 4.78 is 11.7. The number of hydrogen-bond donors (Lipinski definition) is 0. The minimum absolute atomic E-state index is 0.0239. The van der Waals surface area contributed by atoms with Gasteiger partial charge in [-0.05, 0) is 53.0 Å². The molecule has 1 aliphatic heterocycles. The molecule has 0 atom stereocenters. The summed E-state index contributed by atoms with van der Waals surface area (Å²) in [7, 11) is 0. The van der Waals surface area contributed by atoms with Crippen LogP contribution in [0.1, 0.15) is 29.0 Å². The van der Waals surface area contributed by atoms with Gasteiger partial charge in [0.2, 0.25) is 0 Å². The first-order valence-electron chi connectivity index (χ1n) is 7.41. The third-order valence-electron chi connectivity index (χ3n) is 3.90. The lowest BCUT2D eigenvalue weighted by molar-refractivity contribution is 0.0249. The van der Waals surface area contributed by atoms with E-state index in [1.165, 1.54) is 0 Å². The highest BCUT2D eigenvalue weighted by Gasteiger charge is 2.28. The topological polar surface area (TPSA) is 42.7 Å². The molecule has 1 amide bonds. The average Bonchev–Trinajstić information content (AvgIpc) is 3.06. The van der Waals surface area contributed by atoms with Crippen molar-refractivity contribution < 1.29 is 13.9 Å². The Morgan fingerprint density at radius 1 is 1.18 bits per heavy atom. The quantitative estimate of drug-likeness (QED) is 0.827. The van der Waals surface area contributed by atoms with Gasteiger partial charge in [-0.1, -0.05) is 12.1 Å². The highest BCUT2D eigenvalue weighted by atomic mass is 79.9. The van der Waals surface area contributed by atoms with Gasteiger partial charge in [-0.3, -0.25) is 4.79 Å². The van der Waals surface area contributed by atoms with E-state index >= 15 is 0 Å². The Hall–Kier alpha value is -1.59. The third kappa shape index (κ3) is 3.42. The predicted octanol–water partition coefficient (Wildman–Crippen LogP) is 3.86. The van der Waals surface area contributed by atoms with Crippen LogP contribution in [0.2, 0.25) is 0 Å². The van der Waals surface area contributed by atoms with Gasteiger partial charge in [-0.25, -0.2) is 0 Å². The summed E-state index contributed by atoms with van der Waals surface area (Å²) in [5.74, 6) is 0.822. The van der Waals surface area contributed by atoms with Gasteiger partial charge in [-0.15, -0.1) is 0 Å². The minimum Gasteiger partial charge on any atom is -0.467 e. The maximum atomic E-state index is 13.0. The van der Waals surface area contributed by atoms with Crippen LogP contribution in [0.3, 0.4) is 0 Å².